The summed E-state index contributed by atoms with van der Waals surface area (Å²) in [4.78, 5) is 4.39. The van der Waals surface area contributed by atoms with E-state index in [1.807, 2.05) is 31.3 Å². The molecule has 0 fully saturated rings. The first-order chi connectivity index (χ1) is 8.13. The average molecular weight is 230 g/mol. The Morgan fingerprint density at radius 1 is 1.35 bits per heavy atom. The molecule has 3 heteroatoms. The summed E-state index contributed by atoms with van der Waals surface area (Å²) in [6.45, 7) is 4.10. The van der Waals surface area contributed by atoms with Gasteiger partial charge in [-0.15, -0.1) is 0 Å². The summed E-state index contributed by atoms with van der Waals surface area (Å²) in [7, 11) is 1.69. The zero-order valence-electron chi connectivity index (χ0n) is 10.5. The van der Waals surface area contributed by atoms with Crippen LogP contribution in [0.5, 0.6) is 5.75 Å². The lowest BCUT2D eigenvalue weighted by Gasteiger charge is -2.15. The molecule has 0 saturated heterocycles. The molecule has 0 spiro atoms. The number of nitrogens with two attached hydrogens (primary N) is 1. The first-order valence-electron chi connectivity index (χ1n) is 5.80. The van der Waals surface area contributed by atoms with Crippen molar-refractivity contribution >= 4 is 10.9 Å². The number of hydrogen-bond acceptors (Lipinski definition) is 3. The van der Waals surface area contributed by atoms with E-state index >= 15 is 0 Å². The topological polar surface area (TPSA) is 48.1 Å². The van der Waals surface area contributed by atoms with Crippen molar-refractivity contribution in [2.45, 2.75) is 26.3 Å². The SMILES string of the molecule is COc1ccc2nccc(C)c2c1CC(C)N. The Bertz CT molecular complexity index is 535. The highest BCUT2D eigenvalue weighted by molar-refractivity contribution is 5.87. The van der Waals surface area contributed by atoms with Gasteiger partial charge in [0.05, 0.1) is 12.6 Å². The van der Waals surface area contributed by atoms with Crippen LogP contribution in [0.25, 0.3) is 10.9 Å². The van der Waals surface area contributed by atoms with Gasteiger partial charge in [-0.25, -0.2) is 0 Å². The molecule has 1 unspecified atom stereocenters. The Hall–Kier alpha value is -1.61. The summed E-state index contributed by atoms with van der Waals surface area (Å²) in [6.07, 6.45) is 2.63. The summed E-state index contributed by atoms with van der Waals surface area (Å²) in [5.74, 6) is 0.894. The van der Waals surface area contributed by atoms with E-state index in [2.05, 4.69) is 11.9 Å². The smallest absolute Gasteiger partial charge is 0.122 e. The Balaban J connectivity index is 2.72. The summed E-state index contributed by atoms with van der Waals surface area (Å²) in [6, 6.07) is 6.08. The molecule has 2 rings (SSSR count). The number of pyridine rings is 1. The molecular weight excluding hydrogens is 212 g/mol. The maximum absolute atomic E-state index is 5.91. The number of rotatable bonds is 3. The molecule has 1 aromatic carbocycles. The normalized spacial score (nSPS) is 12.7. The monoisotopic (exact) mass is 230 g/mol. The molecule has 2 aromatic rings. The van der Waals surface area contributed by atoms with Crippen molar-refractivity contribution in [1.29, 1.82) is 0 Å². The van der Waals surface area contributed by atoms with Crippen molar-refractivity contribution in [2.75, 3.05) is 7.11 Å². The summed E-state index contributed by atoms with van der Waals surface area (Å²) >= 11 is 0. The van der Waals surface area contributed by atoms with Crippen LogP contribution < -0.4 is 10.5 Å². The molecule has 17 heavy (non-hydrogen) atoms. The summed E-state index contributed by atoms with van der Waals surface area (Å²) in [5, 5.41) is 1.17. The first kappa shape index (κ1) is 11.9. The molecule has 0 bridgehead atoms. The van der Waals surface area contributed by atoms with Crippen molar-refractivity contribution in [3.05, 3.63) is 35.5 Å². The van der Waals surface area contributed by atoms with Crippen LogP contribution in [0.1, 0.15) is 18.1 Å². The van der Waals surface area contributed by atoms with Gasteiger partial charge < -0.3 is 10.5 Å². The third-order valence-corrected chi connectivity index (χ3v) is 2.93. The number of nitrogens with zero attached hydrogens (tertiary/aromatic N) is 1. The average Bonchev–Trinajstić information content (AvgIpc) is 2.28. The number of methoxy groups -OCH3 is 1. The number of fused-ring (bicyclic) bond motifs is 1. The van der Waals surface area contributed by atoms with Crippen molar-refractivity contribution in [3.8, 4) is 5.75 Å². The fourth-order valence-corrected chi connectivity index (χ4v) is 2.19. The van der Waals surface area contributed by atoms with Gasteiger partial charge in [-0.2, -0.15) is 0 Å². The van der Waals surface area contributed by atoms with E-state index in [1.54, 1.807) is 7.11 Å². The highest BCUT2D eigenvalue weighted by atomic mass is 16.5. The van der Waals surface area contributed by atoms with Crippen molar-refractivity contribution < 1.29 is 4.74 Å². The van der Waals surface area contributed by atoms with E-state index in [0.29, 0.717) is 0 Å². The second-order valence-electron chi connectivity index (χ2n) is 4.45. The maximum atomic E-state index is 5.91. The molecule has 0 aliphatic heterocycles. The summed E-state index contributed by atoms with van der Waals surface area (Å²) < 4.78 is 5.43. The molecule has 0 radical (unpaired) electrons. The highest BCUT2D eigenvalue weighted by Gasteiger charge is 2.12. The van der Waals surface area contributed by atoms with Gasteiger partial charge in [-0.3, -0.25) is 4.98 Å². The number of ether oxygens (including phenoxy) is 1. The van der Waals surface area contributed by atoms with Crippen LogP contribution in [0, 0.1) is 6.92 Å². The molecule has 0 aliphatic carbocycles. The van der Waals surface area contributed by atoms with Crippen LogP contribution in [-0.2, 0) is 6.42 Å². The van der Waals surface area contributed by atoms with Crippen LogP contribution in [-0.4, -0.2) is 18.1 Å². The Labute approximate surface area is 102 Å². The van der Waals surface area contributed by atoms with Crippen molar-refractivity contribution in [1.82, 2.24) is 4.98 Å². The lowest BCUT2D eigenvalue weighted by atomic mass is 9.98. The van der Waals surface area contributed by atoms with E-state index in [9.17, 15) is 0 Å². The van der Waals surface area contributed by atoms with Gasteiger partial charge in [-0.05, 0) is 44.0 Å². The van der Waals surface area contributed by atoms with E-state index in [-0.39, 0.29) is 6.04 Å². The van der Waals surface area contributed by atoms with Crippen LogP contribution in [0.2, 0.25) is 0 Å². The van der Waals surface area contributed by atoms with E-state index in [4.69, 9.17) is 10.5 Å². The van der Waals surface area contributed by atoms with E-state index in [0.717, 1.165) is 23.3 Å². The Morgan fingerprint density at radius 2 is 2.12 bits per heavy atom. The van der Waals surface area contributed by atoms with Gasteiger partial charge in [0.25, 0.3) is 0 Å². The lowest BCUT2D eigenvalue weighted by molar-refractivity contribution is 0.409. The highest BCUT2D eigenvalue weighted by Crippen LogP contribution is 2.30. The summed E-state index contributed by atoms with van der Waals surface area (Å²) in [5.41, 5.74) is 9.29. The molecule has 1 aromatic heterocycles. The number of hydrogen-bond donors (Lipinski definition) is 1. The molecule has 0 saturated carbocycles. The zero-order valence-corrected chi connectivity index (χ0v) is 10.5. The van der Waals surface area contributed by atoms with Gasteiger partial charge in [0.2, 0.25) is 0 Å². The second-order valence-corrected chi connectivity index (χ2v) is 4.45. The molecule has 2 N–H and O–H groups in total. The fraction of sp³-hybridized carbons (Fsp3) is 0.357. The predicted octanol–water partition coefficient (Wildman–Crippen LogP) is 2.44. The van der Waals surface area contributed by atoms with Gasteiger partial charge >= 0.3 is 0 Å². The fourth-order valence-electron chi connectivity index (χ4n) is 2.19. The minimum Gasteiger partial charge on any atom is -0.496 e. The third-order valence-electron chi connectivity index (χ3n) is 2.93. The molecule has 1 heterocycles. The zero-order chi connectivity index (χ0) is 12.4. The predicted molar refractivity (Wildman–Crippen MR) is 70.4 cm³/mol. The first-order valence-corrected chi connectivity index (χ1v) is 5.80. The minimum atomic E-state index is 0.106. The van der Waals surface area contributed by atoms with Gasteiger partial charge in [-0.1, -0.05) is 0 Å². The second kappa shape index (κ2) is 4.72. The quantitative estimate of drug-likeness (QED) is 0.881. The minimum absolute atomic E-state index is 0.106. The molecule has 90 valence electrons. The van der Waals surface area contributed by atoms with Gasteiger partial charge in [0.1, 0.15) is 5.75 Å². The number of benzene rings is 1. The van der Waals surface area contributed by atoms with Crippen LogP contribution >= 0.6 is 0 Å². The largest absolute Gasteiger partial charge is 0.496 e. The molecule has 3 nitrogen and oxygen atoms in total. The van der Waals surface area contributed by atoms with Gasteiger partial charge in [0.15, 0.2) is 0 Å². The van der Waals surface area contributed by atoms with E-state index in [1.165, 1.54) is 10.9 Å². The van der Waals surface area contributed by atoms with Crippen molar-refractivity contribution in [2.24, 2.45) is 5.73 Å². The van der Waals surface area contributed by atoms with Crippen LogP contribution in [0.3, 0.4) is 0 Å². The van der Waals surface area contributed by atoms with Crippen LogP contribution in [0.4, 0.5) is 0 Å². The van der Waals surface area contributed by atoms with E-state index < -0.39 is 0 Å². The molecular formula is C14H18N2O. The number of aromatic nitrogens is 1. The molecule has 0 amide bonds. The number of aryl methyl sites for hydroxylation is 1. The third kappa shape index (κ3) is 2.24. The van der Waals surface area contributed by atoms with Crippen LogP contribution in [0.15, 0.2) is 24.4 Å². The molecule has 1 atom stereocenters. The van der Waals surface area contributed by atoms with Gasteiger partial charge in [0, 0.05) is 23.2 Å². The standard InChI is InChI=1S/C14H18N2O/c1-9-6-7-16-12-4-5-13(17-3)11(14(9)12)8-10(2)15/h4-7,10H,8,15H2,1-3H3. The molecule has 0 aliphatic rings. The van der Waals surface area contributed by atoms with Crippen molar-refractivity contribution in [3.63, 3.8) is 0 Å². The Morgan fingerprint density at radius 3 is 2.76 bits per heavy atom. The lowest BCUT2D eigenvalue weighted by Crippen LogP contribution is -2.18. The Kier molecular flexibility index (Phi) is 3.29. The maximum Gasteiger partial charge on any atom is 0.122 e.